The minimum absolute atomic E-state index is 0.0291. The molecule has 1 N–H and O–H groups in total. The molecule has 6 nitrogen and oxygen atoms in total. The van der Waals surface area contributed by atoms with E-state index in [9.17, 15) is 9.59 Å². The highest BCUT2D eigenvalue weighted by Gasteiger charge is 2.13. The molecule has 1 amide bonds. The van der Waals surface area contributed by atoms with Crippen LogP contribution in [0, 0.1) is 26.7 Å². The zero-order valence-corrected chi connectivity index (χ0v) is 18.2. The zero-order chi connectivity index (χ0) is 21.6. The lowest BCUT2D eigenvalue weighted by molar-refractivity contribution is -0.144. The molecule has 29 heavy (non-hydrogen) atoms. The number of amides is 1. The predicted octanol–water partition coefficient (Wildman–Crippen LogP) is 3.57. The van der Waals surface area contributed by atoms with Gasteiger partial charge in [0, 0.05) is 23.4 Å². The van der Waals surface area contributed by atoms with Gasteiger partial charge in [0.2, 0.25) is 0 Å². The number of benzene rings is 1. The van der Waals surface area contributed by atoms with Crippen molar-refractivity contribution in [2.75, 3.05) is 6.61 Å². The van der Waals surface area contributed by atoms with E-state index in [0.29, 0.717) is 12.5 Å². The number of aryl methyl sites for hydroxylation is 2. The molecule has 0 fully saturated rings. The third kappa shape index (κ3) is 6.59. The Morgan fingerprint density at radius 2 is 1.79 bits per heavy atom. The summed E-state index contributed by atoms with van der Waals surface area (Å²) in [6, 6.07) is 8.36. The summed E-state index contributed by atoms with van der Waals surface area (Å²) in [6.45, 7) is 12.3. The molecule has 0 aliphatic heterocycles. The van der Waals surface area contributed by atoms with Gasteiger partial charge in [0.1, 0.15) is 0 Å². The molecule has 1 heterocycles. The number of esters is 1. The number of ether oxygens (including phenoxy) is 1. The fraction of sp³-hybridized carbons (Fsp3) is 0.435. The molecule has 0 spiro atoms. The average molecular weight is 398 g/mol. The molecule has 0 bridgehead atoms. The first-order chi connectivity index (χ1) is 13.7. The van der Waals surface area contributed by atoms with Gasteiger partial charge in [-0.15, -0.1) is 0 Å². The largest absolute Gasteiger partial charge is 0.452 e. The number of nitrogens with one attached hydrogen (secondary N) is 1. The fourth-order valence-corrected chi connectivity index (χ4v) is 2.77. The Balaban J connectivity index is 1.96. The van der Waals surface area contributed by atoms with Gasteiger partial charge in [0.15, 0.2) is 6.61 Å². The van der Waals surface area contributed by atoms with Crippen molar-refractivity contribution < 1.29 is 14.3 Å². The van der Waals surface area contributed by atoms with E-state index in [-0.39, 0.29) is 18.6 Å². The molecule has 0 saturated carbocycles. The van der Waals surface area contributed by atoms with E-state index in [1.165, 1.54) is 11.6 Å². The van der Waals surface area contributed by atoms with Crippen molar-refractivity contribution in [3.05, 3.63) is 58.4 Å². The van der Waals surface area contributed by atoms with Crippen LogP contribution in [-0.4, -0.2) is 34.3 Å². The number of carbonyl (C=O) groups excluding carboxylic acids is 2. The first kappa shape index (κ1) is 22.4. The van der Waals surface area contributed by atoms with E-state index in [1.54, 1.807) is 6.08 Å². The highest BCUT2D eigenvalue weighted by Crippen LogP contribution is 2.17. The maximum absolute atomic E-state index is 12.0. The van der Waals surface area contributed by atoms with Gasteiger partial charge in [-0.1, -0.05) is 43.7 Å². The minimum Gasteiger partial charge on any atom is -0.452 e. The number of hydrogen-bond donors (Lipinski definition) is 1. The average Bonchev–Trinajstić information content (AvgIpc) is 2.93. The number of carbonyl (C=O) groups is 2. The molecule has 1 aromatic carbocycles. The molecule has 2 rings (SSSR count). The summed E-state index contributed by atoms with van der Waals surface area (Å²) in [4.78, 5) is 23.8. The van der Waals surface area contributed by atoms with E-state index in [0.717, 1.165) is 22.5 Å². The van der Waals surface area contributed by atoms with Gasteiger partial charge in [0.25, 0.3) is 5.91 Å². The Morgan fingerprint density at radius 1 is 1.14 bits per heavy atom. The van der Waals surface area contributed by atoms with Gasteiger partial charge in [-0.05, 0) is 45.3 Å². The zero-order valence-electron chi connectivity index (χ0n) is 18.2. The lowest BCUT2D eigenvalue weighted by Crippen LogP contribution is -2.38. The predicted molar refractivity (Wildman–Crippen MR) is 114 cm³/mol. The molecule has 1 aromatic heterocycles. The minimum atomic E-state index is -0.553. The van der Waals surface area contributed by atoms with Crippen molar-refractivity contribution >= 4 is 18.0 Å². The number of rotatable bonds is 8. The summed E-state index contributed by atoms with van der Waals surface area (Å²) in [5.41, 5.74) is 5.07. The normalized spacial score (nSPS) is 12.4. The van der Waals surface area contributed by atoms with E-state index in [1.807, 2.05) is 39.3 Å². The van der Waals surface area contributed by atoms with Crippen LogP contribution in [0.15, 0.2) is 30.3 Å². The third-order valence-corrected chi connectivity index (χ3v) is 5.01. The molecule has 0 aliphatic rings. The second-order valence-electron chi connectivity index (χ2n) is 7.77. The van der Waals surface area contributed by atoms with Crippen LogP contribution in [-0.2, 0) is 20.9 Å². The van der Waals surface area contributed by atoms with Crippen molar-refractivity contribution in [1.29, 1.82) is 0 Å². The monoisotopic (exact) mass is 397 g/mol. The van der Waals surface area contributed by atoms with Gasteiger partial charge >= 0.3 is 5.97 Å². The second kappa shape index (κ2) is 10.0. The number of hydrogen-bond acceptors (Lipinski definition) is 4. The molecule has 1 unspecified atom stereocenters. The van der Waals surface area contributed by atoms with E-state index in [2.05, 4.69) is 41.6 Å². The van der Waals surface area contributed by atoms with Crippen LogP contribution < -0.4 is 5.32 Å². The van der Waals surface area contributed by atoms with Crippen LogP contribution in [0.4, 0.5) is 0 Å². The summed E-state index contributed by atoms with van der Waals surface area (Å²) in [7, 11) is 0. The van der Waals surface area contributed by atoms with Gasteiger partial charge in [-0.3, -0.25) is 9.48 Å². The van der Waals surface area contributed by atoms with Crippen molar-refractivity contribution in [1.82, 2.24) is 15.1 Å². The van der Waals surface area contributed by atoms with E-state index < -0.39 is 5.97 Å². The molecular formula is C23H31N3O3. The van der Waals surface area contributed by atoms with Crippen LogP contribution in [0.3, 0.4) is 0 Å². The molecule has 6 heteroatoms. The number of nitrogens with zero attached hydrogens (tertiary/aromatic N) is 2. The Morgan fingerprint density at radius 3 is 2.41 bits per heavy atom. The van der Waals surface area contributed by atoms with Gasteiger partial charge in [0.05, 0.1) is 12.2 Å². The molecule has 0 saturated heterocycles. The van der Waals surface area contributed by atoms with Crippen molar-refractivity contribution in [2.24, 2.45) is 5.92 Å². The van der Waals surface area contributed by atoms with Crippen molar-refractivity contribution in [2.45, 2.75) is 54.1 Å². The summed E-state index contributed by atoms with van der Waals surface area (Å²) >= 11 is 0. The highest BCUT2D eigenvalue weighted by atomic mass is 16.5. The topological polar surface area (TPSA) is 73.2 Å². The number of aromatic nitrogens is 2. The summed E-state index contributed by atoms with van der Waals surface area (Å²) in [5.74, 6) is -0.536. The third-order valence-electron chi connectivity index (χ3n) is 5.01. The Hall–Kier alpha value is -2.89. The maximum atomic E-state index is 12.0. The Bertz CT molecular complexity index is 880. The van der Waals surface area contributed by atoms with Crippen LogP contribution in [0.5, 0.6) is 0 Å². The first-order valence-corrected chi connectivity index (χ1v) is 9.91. The molecular weight excluding hydrogens is 366 g/mol. The molecule has 0 aliphatic carbocycles. The Labute approximate surface area is 173 Å². The van der Waals surface area contributed by atoms with Gasteiger partial charge in [-0.2, -0.15) is 5.10 Å². The van der Waals surface area contributed by atoms with Gasteiger partial charge < -0.3 is 10.1 Å². The summed E-state index contributed by atoms with van der Waals surface area (Å²) in [5, 5.41) is 7.38. The molecule has 1 atom stereocenters. The molecule has 2 aromatic rings. The Kier molecular flexibility index (Phi) is 7.76. The maximum Gasteiger partial charge on any atom is 0.331 e. The molecule has 0 radical (unpaired) electrons. The standard InChI is InChI=1S/C23H31N3O3/c1-15(2)17(4)24-22(27)14-29-23(28)12-11-21-18(5)25-26(19(21)6)13-20-9-7-16(3)8-10-20/h7-12,15,17H,13-14H2,1-6H3,(H,24,27)/b12-11+. The second-order valence-corrected chi connectivity index (χ2v) is 7.77. The lowest BCUT2D eigenvalue weighted by Gasteiger charge is -2.16. The summed E-state index contributed by atoms with van der Waals surface area (Å²) < 4.78 is 6.96. The SMILES string of the molecule is Cc1ccc(Cn2nc(C)c(/C=C/C(=O)OCC(=O)NC(C)C(C)C)c2C)cc1. The summed E-state index contributed by atoms with van der Waals surface area (Å²) in [6.07, 6.45) is 3.03. The first-order valence-electron chi connectivity index (χ1n) is 9.91. The van der Waals surface area contributed by atoms with E-state index >= 15 is 0 Å². The fourth-order valence-electron chi connectivity index (χ4n) is 2.77. The van der Waals surface area contributed by atoms with Crippen LogP contribution in [0.2, 0.25) is 0 Å². The smallest absolute Gasteiger partial charge is 0.331 e. The van der Waals surface area contributed by atoms with E-state index in [4.69, 9.17) is 4.74 Å². The quantitative estimate of drug-likeness (QED) is 0.546. The van der Waals surface area contributed by atoms with Crippen molar-refractivity contribution in [3.63, 3.8) is 0 Å². The van der Waals surface area contributed by atoms with Crippen LogP contribution >= 0.6 is 0 Å². The van der Waals surface area contributed by atoms with Gasteiger partial charge in [-0.25, -0.2) is 4.79 Å². The highest BCUT2D eigenvalue weighted by molar-refractivity contribution is 5.89. The van der Waals surface area contributed by atoms with Crippen LogP contribution in [0.25, 0.3) is 6.08 Å². The molecule has 156 valence electrons. The van der Waals surface area contributed by atoms with Crippen molar-refractivity contribution in [3.8, 4) is 0 Å². The lowest BCUT2D eigenvalue weighted by atomic mass is 10.1. The van der Waals surface area contributed by atoms with Crippen LogP contribution in [0.1, 0.15) is 48.8 Å².